The van der Waals surface area contributed by atoms with Gasteiger partial charge in [-0.15, -0.1) is 0 Å². The summed E-state index contributed by atoms with van der Waals surface area (Å²) in [5.41, 5.74) is 6.33. The highest BCUT2D eigenvalue weighted by molar-refractivity contribution is 7.81. The van der Waals surface area contributed by atoms with E-state index in [0.29, 0.717) is 4.75 Å². The van der Waals surface area contributed by atoms with E-state index >= 15 is 0 Å². The van der Waals surface area contributed by atoms with Crippen molar-refractivity contribution in [2.24, 2.45) is 5.73 Å². The fourth-order valence-corrected chi connectivity index (χ4v) is 2.53. The number of rotatable bonds is 0. The predicted molar refractivity (Wildman–Crippen MR) is 46.3 cm³/mol. The van der Waals surface area contributed by atoms with E-state index in [9.17, 15) is 0 Å². The molecule has 0 aliphatic heterocycles. The number of hydrogen-bond acceptors (Lipinski definition) is 2. The molecule has 3 fully saturated rings. The second kappa shape index (κ2) is 1.92. The van der Waals surface area contributed by atoms with Gasteiger partial charge in [-0.25, -0.2) is 0 Å². The van der Waals surface area contributed by atoms with Gasteiger partial charge >= 0.3 is 0 Å². The van der Waals surface area contributed by atoms with Crippen molar-refractivity contribution in [1.29, 1.82) is 0 Å². The zero-order valence-corrected chi connectivity index (χ0v) is 7.16. The third-order valence-corrected chi connectivity index (χ3v) is 3.94. The smallest absolute Gasteiger partial charge is 0.0155 e. The molecule has 0 radical (unpaired) electrons. The lowest BCUT2D eigenvalue weighted by molar-refractivity contribution is 0.165. The summed E-state index contributed by atoms with van der Waals surface area (Å²) < 4.78 is 0.376. The quantitative estimate of drug-likeness (QED) is 0.514. The van der Waals surface area contributed by atoms with Crippen molar-refractivity contribution >= 4 is 12.6 Å². The van der Waals surface area contributed by atoms with Crippen LogP contribution in [0.1, 0.15) is 38.5 Å². The molecule has 0 saturated heterocycles. The van der Waals surface area contributed by atoms with Crippen LogP contribution in [0.25, 0.3) is 0 Å². The Balaban J connectivity index is 2.16. The van der Waals surface area contributed by atoms with Crippen molar-refractivity contribution in [3.05, 3.63) is 0 Å². The summed E-state index contributed by atoms with van der Waals surface area (Å²) in [4.78, 5) is 0. The minimum absolute atomic E-state index is 0.213. The Labute approximate surface area is 67.8 Å². The van der Waals surface area contributed by atoms with Crippen molar-refractivity contribution < 1.29 is 0 Å². The molecular weight excluding hydrogens is 142 g/mol. The third-order valence-electron chi connectivity index (χ3n) is 3.26. The maximum atomic E-state index is 6.12. The van der Waals surface area contributed by atoms with Crippen LogP contribution >= 0.6 is 12.6 Å². The Hall–Kier alpha value is 0.310. The minimum Gasteiger partial charge on any atom is -0.325 e. The number of thiol groups is 1. The molecule has 2 bridgehead atoms. The van der Waals surface area contributed by atoms with Crippen molar-refractivity contribution in [2.45, 2.75) is 48.8 Å². The van der Waals surface area contributed by atoms with Gasteiger partial charge in [0.1, 0.15) is 0 Å². The van der Waals surface area contributed by atoms with Gasteiger partial charge in [-0.05, 0) is 38.5 Å². The summed E-state index contributed by atoms with van der Waals surface area (Å²) in [5.74, 6) is 0. The molecule has 0 aromatic carbocycles. The molecule has 0 unspecified atom stereocenters. The van der Waals surface area contributed by atoms with Crippen molar-refractivity contribution in [3.63, 3.8) is 0 Å². The van der Waals surface area contributed by atoms with Crippen LogP contribution in [0.2, 0.25) is 0 Å². The first kappa shape index (κ1) is 6.99. The SMILES string of the molecule is NC12CCC(S)(CC1)CC2. The number of nitrogens with two attached hydrogens (primary N) is 1. The van der Waals surface area contributed by atoms with Crippen LogP contribution in [-0.2, 0) is 0 Å². The summed E-state index contributed by atoms with van der Waals surface area (Å²) in [7, 11) is 0. The second-order valence-electron chi connectivity index (χ2n) is 4.09. The molecule has 58 valence electrons. The topological polar surface area (TPSA) is 26.0 Å². The van der Waals surface area contributed by atoms with Crippen molar-refractivity contribution in [1.82, 2.24) is 0 Å². The maximum absolute atomic E-state index is 6.12. The molecule has 0 amide bonds. The lowest BCUT2D eigenvalue weighted by atomic mass is 9.66. The molecule has 1 nitrogen and oxygen atoms in total. The van der Waals surface area contributed by atoms with Crippen LogP contribution in [0.4, 0.5) is 0 Å². The highest BCUT2D eigenvalue weighted by atomic mass is 32.1. The van der Waals surface area contributed by atoms with Crippen LogP contribution in [0.15, 0.2) is 0 Å². The highest BCUT2D eigenvalue weighted by Gasteiger charge is 2.44. The molecule has 0 spiro atoms. The van der Waals surface area contributed by atoms with E-state index in [-0.39, 0.29) is 5.54 Å². The van der Waals surface area contributed by atoms with Crippen LogP contribution in [0, 0.1) is 0 Å². The molecule has 0 aromatic heterocycles. The molecule has 2 N–H and O–H groups in total. The van der Waals surface area contributed by atoms with E-state index in [1.54, 1.807) is 0 Å². The van der Waals surface area contributed by atoms with Crippen molar-refractivity contribution in [3.8, 4) is 0 Å². The van der Waals surface area contributed by atoms with Gasteiger partial charge in [0, 0.05) is 10.3 Å². The standard InChI is InChI=1S/C8H15NS/c9-7-1-4-8(10,5-2-7)6-3-7/h10H,1-6,9H2. The molecule has 3 aliphatic rings. The van der Waals surface area contributed by atoms with Crippen molar-refractivity contribution in [2.75, 3.05) is 0 Å². The molecule has 10 heavy (non-hydrogen) atoms. The molecule has 0 atom stereocenters. The maximum Gasteiger partial charge on any atom is 0.0155 e. The van der Waals surface area contributed by atoms with Gasteiger partial charge in [0.2, 0.25) is 0 Å². The van der Waals surface area contributed by atoms with Crippen LogP contribution in [0.3, 0.4) is 0 Å². The monoisotopic (exact) mass is 157 g/mol. The third kappa shape index (κ3) is 0.978. The lowest BCUT2D eigenvalue weighted by Gasteiger charge is -2.49. The van der Waals surface area contributed by atoms with Gasteiger partial charge in [0.25, 0.3) is 0 Å². The summed E-state index contributed by atoms with van der Waals surface area (Å²) in [5, 5.41) is 0. The van der Waals surface area contributed by atoms with Crippen LogP contribution < -0.4 is 5.73 Å². The molecular formula is C8H15NS. The summed E-state index contributed by atoms with van der Waals surface area (Å²) in [6, 6.07) is 0. The molecule has 2 heteroatoms. The Morgan fingerprint density at radius 2 is 1.30 bits per heavy atom. The normalized spacial score (nSPS) is 53.4. The minimum atomic E-state index is 0.213. The van der Waals surface area contributed by atoms with Crippen LogP contribution in [-0.4, -0.2) is 10.3 Å². The summed E-state index contributed by atoms with van der Waals surface area (Å²) >= 11 is 4.67. The van der Waals surface area contributed by atoms with E-state index in [1.165, 1.54) is 38.5 Å². The van der Waals surface area contributed by atoms with Gasteiger partial charge in [-0.1, -0.05) is 0 Å². The Bertz CT molecular complexity index is 113. The second-order valence-corrected chi connectivity index (χ2v) is 5.04. The first-order chi connectivity index (χ1) is 4.62. The lowest BCUT2D eigenvalue weighted by Crippen LogP contribution is -2.52. The predicted octanol–water partition coefficient (Wildman–Crippen LogP) is 1.72. The van der Waals surface area contributed by atoms with E-state index < -0.39 is 0 Å². The zero-order chi connectivity index (χ0) is 7.24. The van der Waals surface area contributed by atoms with Gasteiger partial charge in [-0.3, -0.25) is 0 Å². The number of hydrogen-bond donors (Lipinski definition) is 2. The average molecular weight is 157 g/mol. The fourth-order valence-electron chi connectivity index (χ4n) is 2.19. The molecule has 3 aliphatic carbocycles. The van der Waals surface area contributed by atoms with Gasteiger partial charge < -0.3 is 5.73 Å². The molecule has 3 saturated carbocycles. The Kier molecular flexibility index (Phi) is 1.34. The van der Waals surface area contributed by atoms with E-state index in [0.717, 1.165) is 0 Å². The molecule has 0 heterocycles. The van der Waals surface area contributed by atoms with Gasteiger partial charge in [-0.2, -0.15) is 12.6 Å². The van der Waals surface area contributed by atoms with Gasteiger partial charge in [0.15, 0.2) is 0 Å². The molecule has 3 rings (SSSR count). The largest absolute Gasteiger partial charge is 0.325 e. The molecule has 0 aromatic rings. The Morgan fingerprint density at radius 1 is 0.900 bits per heavy atom. The van der Waals surface area contributed by atoms with E-state index in [4.69, 9.17) is 5.73 Å². The van der Waals surface area contributed by atoms with Crippen LogP contribution in [0.5, 0.6) is 0 Å². The Morgan fingerprint density at radius 3 is 1.60 bits per heavy atom. The summed E-state index contributed by atoms with van der Waals surface area (Å²) in [6.07, 6.45) is 7.34. The summed E-state index contributed by atoms with van der Waals surface area (Å²) in [6.45, 7) is 0. The highest BCUT2D eigenvalue weighted by Crippen LogP contribution is 2.48. The zero-order valence-electron chi connectivity index (χ0n) is 6.27. The van der Waals surface area contributed by atoms with E-state index in [2.05, 4.69) is 12.6 Å². The van der Waals surface area contributed by atoms with E-state index in [1.807, 2.05) is 0 Å². The fraction of sp³-hybridized carbons (Fsp3) is 1.00. The average Bonchev–Trinajstić information content (AvgIpc) is 1.93. The van der Waals surface area contributed by atoms with Gasteiger partial charge in [0.05, 0.1) is 0 Å². The first-order valence-electron chi connectivity index (χ1n) is 4.13. The number of fused-ring (bicyclic) bond motifs is 3. The first-order valence-corrected chi connectivity index (χ1v) is 4.58.